The van der Waals surface area contributed by atoms with Crippen LogP contribution in [0.25, 0.3) is 22.3 Å². The fourth-order valence-corrected chi connectivity index (χ4v) is 6.81. The van der Waals surface area contributed by atoms with Crippen LogP contribution in [-0.4, -0.2) is 44.3 Å². The minimum Gasteiger partial charge on any atom is -0.350 e. The number of para-hydroxylation sites is 1. The minimum atomic E-state index is -0.350. The van der Waals surface area contributed by atoms with Crippen LogP contribution >= 0.6 is 0 Å². The number of aryl methyl sites for hydroxylation is 1. The van der Waals surface area contributed by atoms with Gasteiger partial charge in [0.1, 0.15) is 0 Å². The molecule has 0 spiro atoms. The van der Waals surface area contributed by atoms with E-state index in [1.54, 1.807) is 0 Å². The highest BCUT2D eigenvalue weighted by molar-refractivity contribution is 5.94. The molecule has 184 valence electrons. The third kappa shape index (κ3) is 3.36. The van der Waals surface area contributed by atoms with Crippen LogP contribution in [0.4, 0.5) is 4.79 Å². The number of carbonyl (C=O) groups excluding carboxylic acids is 1. The number of urea groups is 1. The molecule has 2 aliphatic heterocycles. The maximum Gasteiger partial charge on any atom is 0.317 e. The van der Waals surface area contributed by atoms with Crippen molar-refractivity contribution >= 4 is 16.9 Å². The Bertz CT molecular complexity index is 1440. The molecule has 2 aromatic heterocycles. The van der Waals surface area contributed by atoms with Gasteiger partial charge in [-0.1, -0.05) is 53.7 Å². The van der Waals surface area contributed by atoms with Crippen LogP contribution in [0.5, 0.6) is 0 Å². The summed E-state index contributed by atoms with van der Waals surface area (Å²) in [7, 11) is 2.03. The fraction of sp³-hybridized carbons (Fsp3) is 0.414. The van der Waals surface area contributed by atoms with E-state index in [0.29, 0.717) is 23.6 Å². The summed E-state index contributed by atoms with van der Waals surface area (Å²) in [6, 6.07) is 19.1. The Balaban J connectivity index is 1.13. The third-order valence-electron chi connectivity index (χ3n) is 8.77. The summed E-state index contributed by atoms with van der Waals surface area (Å²) < 4.78 is 8.03. The number of nitrogens with one attached hydrogen (secondary N) is 1. The Hall–Kier alpha value is -3.61. The lowest BCUT2D eigenvalue weighted by molar-refractivity contribution is -0.000494. The van der Waals surface area contributed by atoms with Crippen LogP contribution in [0.3, 0.4) is 0 Å². The van der Waals surface area contributed by atoms with E-state index in [0.717, 1.165) is 48.7 Å². The van der Waals surface area contributed by atoms with Gasteiger partial charge in [0, 0.05) is 54.3 Å². The number of amides is 2. The van der Waals surface area contributed by atoms with Gasteiger partial charge in [-0.15, -0.1) is 0 Å². The summed E-state index contributed by atoms with van der Waals surface area (Å²) in [5, 5.41) is 8.84. The lowest BCUT2D eigenvalue weighted by Crippen LogP contribution is -2.63. The summed E-state index contributed by atoms with van der Waals surface area (Å²) in [6.07, 6.45) is 6.15. The normalized spacial score (nSPS) is 29.0. The summed E-state index contributed by atoms with van der Waals surface area (Å²) in [6.45, 7) is 3.01. The zero-order valence-corrected chi connectivity index (χ0v) is 20.7. The minimum absolute atomic E-state index is 0.0489. The maximum atomic E-state index is 13.5. The summed E-state index contributed by atoms with van der Waals surface area (Å²) >= 11 is 0. The predicted molar refractivity (Wildman–Crippen MR) is 138 cm³/mol. The van der Waals surface area contributed by atoms with Crippen molar-refractivity contribution in [3.63, 3.8) is 0 Å². The first-order valence-corrected chi connectivity index (χ1v) is 13.0. The molecule has 0 radical (unpaired) electrons. The first-order valence-electron chi connectivity index (χ1n) is 13.0. The van der Waals surface area contributed by atoms with E-state index < -0.39 is 0 Å². The number of carbonyl (C=O) groups is 1. The molecule has 2 bridgehead atoms. The zero-order chi connectivity index (χ0) is 24.4. The Labute approximate surface area is 210 Å². The van der Waals surface area contributed by atoms with Crippen LogP contribution in [0, 0.1) is 5.92 Å². The van der Waals surface area contributed by atoms with E-state index >= 15 is 0 Å². The number of piperidine rings is 2. The van der Waals surface area contributed by atoms with Gasteiger partial charge in [-0.05, 0) is 50.2 Å². The number of nitrogens with zero attached hydrogens (tertiary/aromatic N) is 4. The van der Waals surface area contributed by atoms with Gasteiger partial charge in [0.2, 0.25) is 11.7 Å². The van der Waals surface area contributed by atoms with Crippen molar-refractivity contribution in [1.82, 2.24) is 24.9 Å². The van der Waals surface area contributed by atoms with Crippen molar-refractivity contribution < 1.29 is 9.32 Å². The van der Waals surface area contributed by atoms with E-state index in [4.69, 9.17) is 9.51 Å². The monoisotopic (exact) mass is 481 g/mol. The van der Waals surface area contributed by atoms with Gasteiger partial charge >= 0.3 is 6.03 Å². The van der Waals surface area contributed by atoms with Gasteiger partial charge in [-0.25, -0.2) is 4.79 Å². The SMILES string of the molecule is Cn1cc(-c2noc(C3(C)CC4CCC3N(C(=O)NC3CC3c3ccccc3)C4)n2)c2ccccc21. The number of rotatable bonds is 4. The molecule has 7 nitrogen and oxygen atoms in total. The third-order valence-corrected chi connectivity index (χ3v) is 8.77. The molecule has 2 aromatic carbocycles. The molecule has 4 heterocycles. The van der Waals surface area contributed by atoms with Crippen molar-refractivity contribution in [2.45, 2.75) is 56.0 Å². The highest BCUT2D eigenvalue weighted by atomic mass is 16.5. The summed E-state index contributed by atoms with van der Waals surface area (Å²) in [4.78, 5) is 20.4. The number of aromatic nitrogens is 3. The van der Waals surface area contributed by atoms with Crippen molar-refractivity contribution in [3.8, 4) is 11.4 Å². The predicted octanol–water partition coefficient (Wildman–Crippen LogP) is 5.24. The molecule has 2 aliphatic carbocycles. The lowest BCUT2D eigenvalue weighted by atomic mass is 9.63. The van der Waals surface area contributed by atoms with Gasteiger partial charge in [0.25, 0.3) is 0 Å². The van der Waals surface area contributed by atoms with Gasteiger partial charge in [-0.2, -0.15) is 4.98 Å². The van der Waals surface area contributed by atoms with Crippen LogP contribution in [0.15, 0.2) is 65.3 Å². The van der Waals surface area contributed by atoms with Crippen molar-refractivity contribution in [3.05, 3.63) is 72.2 Å². The quantitative estimate of drug-likeness (QED) is 0.433. The van der Waals surface area contributed by atoms with Crippen molar-refractivity contribution in [2.75, 3.05) is 6.54 Å². The van der Waals surface area contributed by atoms with Gasteiger partial charge < -0.3 is 19.3 Å². The molecular weight excluding hydrogens is 450 g/mol. The van der Waals surface area contributed by atoms with Crippen molar-refractivity contribution in [2.24, 2.45) is 13.0 Å². The lowest BCUT2D eigenvalue weighted by Gasteiger charge is -2.53. The molecule has 36 heavy (non-hydrogen) atoms. The molecule has 4 aliphatic rings. The van der Waals surface area contributed by atoms with Crippen LogP contribution in [0.1, 0.15) is 50.0 Å². The fourth-order valence-electron chi connectivity index (χ4n) is 6.81. The van der Waals surface area contributed by atoms with Crippen LogP contribution in [-0.2, 0) is 12.5 Å². The van der Waals surface area contributed by atoms with E-state index in [-0.39, 0.29) is 23.5 Å². The first kappa shape index (κ1) is 21.7. The smallest absolute Gasteiger partial charge is 0.317 e. The zero-order valence-electron chi connectivity index (χ0n) is 20.7. The summed E-state index contributed by atoms with van der Waals surface area (Å²) in [5.74, 6) is 2.13. The number of fused-ring (bicyclic) bond motifs is 4. The van der Waals surface area contributed by atoms with Crippen molar-refractivity contribution in [1.29, 1.82) is 0 Å². The molecule has 1 N–H and O–H groups in total. The molecule has 8 rings (SSSR count). The van der Waals surface area contributed by atoms with Gasteiger partial charge in [0.15, 0.2) is 0 Å². The Morgan fingerprint density at radius 2 is 1.92 bits per heavy atom. The maximum absolute atomic E-state index is 13.5. The number of hydrogen-bond acceptors (Lipinski definition) is 4. The van der Waals surface area contributed by atoms with Crippen LogP contribution in [0.2, 0.25) is 0 Å². The molecule has 2 saturated carbocycles. The van der Waals surface area contributed by atoms with E-state index in [9.17, 15) is 4.79 Å². The first-order chi connectivity index (χ1) is 17.5. The Kier molecular flexibility index (Phi) is 4.78. The van der Waals surface area contributed by atoms with Gasteiger partial charge in [0.05, 0.1) is 5.41 Å². The second-order valence-electron chi connectivity index (χ2n) is 11.1. The van der Waals surface area contributed by atoms with E-state index in [1.807, 2.05) is 25.2 Å². The second-order valence-corrected chi connectivity index (χ2v) is 11.1. The largest absolute Gasteiger partial charge is 0.350 e. The molecule has 5 atom stereocenters. The standard InChI is InChI=1S/C29H31N5O2/c1-29(27-31-26(32-36-27)22-17-33(2)24-11-7-6-10-20(22)24)15-18-12-13-25(29)34(16-18)28(35)30-23-14-21(23)19-8-4-3-5-9-19/h3-11,17-18,21,23,25H,12-16H2,1-2H3,(H,30,35). The Morgan fingerprint density at radius 1 is 1.11 bits per heavy atom. The number of hydrogen-bond donors (Lipinski definition) is 1. The van der Waals surface area contributed by atoms with E-state index in [1.165, 1.54) is 5.56 Å². The Morgan fingerprint density at radius 3 is 2.75 bits per heavy atom. The molecule has 4 aromatic rings. The highest BCUT2D eigenvalue weighted by Crippen LogP contribution is 2.49. The average molecular weight is 482 g/mol. The van der Waals surface area contributed by atoms with Gasteiger partial charge in [-0.3, -0.25) is 0 Å². The molecule has 4 fully saturated rings. The molecular formula is C29H31N5O2. The van der Waals surface area contributed by atoms with E-state index in [2.05, 4.69) is 69.5 Å². The van der Waals surface area contributed by atoms with Crippen LogP contribution < -0.4 is 5.32 Å². The number of benzene rings is 2. The summed E-state index contributed by atoms with van der Waals surface area (Å²) in [5.41, 5.74) is 3.07. The second kappa shape index (κ2) is 7.95. The average Bonchev–Trinajstić information content (AvgIpc) is 3.33. The highest BCUT2D eigenvalue weighted by Gasteiger charge is 2.54. The molecule has 7 heteroatoms. The molecule has 2 saturated heterocycles. The molecule has 2 amide bonds. The topological polar surface area (TPSA) is 76.2 Å². The molecule has 5 unspecified atom stereocenters.